The average molecular weight is 503 g/mol. The van der Waals surface area contributed by atoms with E-state index >= 15 is 0 Å². The van der Waals surface area contributed by atoms with E-state index in [4.69, 9.17) is 9.47 Å². The van der Waals surface area contributed by atoms with E-state index in [-0.39, 0.29) is 28.5 Å². The summed E-state index contributed by atoms with van der Waals surface area (Å²) in [5.74, 6) is -0.0790. The van der Waals surface area contributed by atoms with Gasteiger partial charge in [0.05, 0.1) is 17.8 Å². The Labute approximate surface area is 215 Å². The van der Waals surface area contributed by atoms with Crippen molar-refractivity contribution in [2.24, 2.45) is 33.5 Å². The number of fused-ring (bicyclic) bond motifs is 4. The molecule has 0 aromatic rings. The van der Waals surface area contributed by atoms with E-state index in [0.717, 1.165) is 32.1 Å². The Morgan fingerprint density at radius 2 is 1.58 bits per heavy atom. The summed E-state index contributed by atoms with van der Waals surface area (Å²) in [6, 6.07) is 0. The molecule has 6 rings (SSSR count). The summed E-state index contributed by atoms with van der Waals surface area (Å²) >= 11 is 0. The third-order valence-electron chi connectivity index (χ3n) is 12.9. The number of hydrogen-bond donors (Lipinski definition) is 3. The van der Waals surface area contributed by atoms with Gasteiger partial charge in [-0.15, -0.1) is 0 Å². The van der Waals surface area contributed by atoms with Crippen LogP contribution in [0.25, 0.3) is 0 Å². The molecular formula is C30H46O6. The van der Waals surface area contributed by atoms with E-state index in [1.54, 1.807) is 0 Å². The van der Waals surface area contributed by atoms with Crippen molar-refractivity contribution in [2.45, 2.75) is 135 Å². The SMILES string of the molecule is CC1(C)CCC([C@]2(C)OC(=O)[C@]34[C@@H](O)C=C5[C@@H](CC[C@H]6C(C)(C)[C@@H](O)CC[C@]56C)[C@]3(C)CC[C@@]42O)O1. The molecule has 4 aliphatic carbocycles. The molecule has 2 heterocycles. The van der Waals surface area contributed by atoms with Crippen LogP contribution in [0.2, 0.25) is 0 Å². The zero-order chi connectivity index (χ0) is 26.3. The van der Waals surface area contributed by atoms with Crippen LogP contribution in [-0.2, 0) is 14.3 Å². The summed E-state index contributed by atoms with van der Waals surface area (Å²) in [5, 5.41) is 35.5. The first-order chi connectivity index (χ1) is 16.5. The molecule has 1 spiro atoms. The van der Waals surface area contributed by atoms with Crippen molar-refractivity contribution in [3.63, 3.8) is 0 Å². The van der Waals surface area contributed by atoms with Crippen LogP contribution in [0.15, 0.2) is 11.6 Å². The van der Waals surface area contributed by atoms with Crippen LogP contribution in [0.5, 0.6) is 0 Å². The lowest BCUT2D eigenvalue weighted by Gasteiger charge is -2.64. The fourth-order valence-electron chi connectivity index (χ4n) is 10.8. The average Bonchev–Trinajstić information content (AvgIpc) is 3.34. The Morgan fingerprint density at radius 3 is 2.22 bits per heavy atom. The van der Waals surface area contributed by atoms with Gasteiger partial charge in [-0.3, -0.25) is 4.79 Å². The van der Waals surface area contributed by atoms with Gasteiger partial charge in [-0.1, -0.05) is 39.3 Å². The molecule has 3 N–H and O–H groups in total. The molecule has 3 saturated carbocycles. The maximum atomic E-state index is 14.1. The number of carbonyl (C=O) groups excluding carboxylic acids is 1. The molecule has 0 aromatic heterocycles. The zero-order valence-electron chi connectivity index (χ0n) is 23.2. The second-order valence-electron chi connectivity index (χ2n) is 15.0. The van der Waals surface area contributed by atoms with Gasteiger partial charge in [0.1, 0.15) is 17.1 Å². The molecule has 6 aliphatic rings. The minimum atomic E-state index is -1.52. The highest BCUT2D eigenvalue weighted by atomic mass is 16.6. The highest BCUT2D eigenvalue weighted by Gasteiger charge is 2.87. The standard InChI is InChI=1S/C30H46O6/c1-24(2)12-11-22(35-24)28(7)29(34)15-14-27(6)17-8-9-19-25(3,4)20(31)10-13-26(19,5)18(17)16-21(32)30(27,29)23(33)36-28/h16-17,19-22,31-32,34H,8-15H2,1-7H3/t17-,19+,20+,21+,22?,26-,27+,28+,29+,30-/m1/s1. The molecule has 0 aromatic carbocycles. The first kappa shape index (κ1) is 25.3. The summed E-state index contributed by atoms with van der Waals surface area (Å²) in [5.41, 5.74) is -4.22. The van der Waals surface area contributed by atoms with Crippen molar-refractivity contribution >= 4 is 5.97 Å². The van der Waals surface area contributed by atoms with E-state index in [1.165, 1.54) is 5.57 Å². The Morgan fingerprint density at radius 1 is 0.889 bits per heavy atom. The Balaban J connectivity index is 1.48. The zero-order valence-corrected chi connectivity index (χ0v) is 23.2. The number of rotatable bonds is 1. The van der Waals surface area contributed by atoms with Gasteiger partial charge < -0.3 is 24.8 Å². The Hall–Kier alpha value is -0.950. The molecule has 5 fully saturated rings. The number of aliphatic hydroxyl groups excluding tert-OH is 2. The van der Waals surface area contributed by atoms with Gasteiger partial charge in [0.15, 0.2) is 5.60 Å². The van der Waals surface area contributed by atoms with E-state index in [2.05, 4.69) is 27.7 Å². The maximum absolute atomic E-state index is 14.1. The summed E-state index contributed by atoms with van der Waals surface area (Å²) in [4.78, 5) is 14.1. The summed E-state index contributed by atoms with van der Waals surface area (Å²) in [7, 11) is 0. The monoisotopic (exact) mass is 502 g/mol. The van der Waals surface area contributed by atoms with Crippen LogP contribution in [0.4, 0.5) is 0 Å². The highest BCUT2D eigenvalue weighted by molar-refractivity contribution is 5.86. The van der Waals surface area contributed by atoms with E-state index in [1.807, 2.05) is 26.8 Å². The van der Waals surface area contributed by atoms with Crippen LogP contribution < -0.4 is 0 Å². The quantitative estimate of drug-likeness (QED) is 0.366. The number of hydrogen-bond acceptors (Lipinski definition) is 6. The first-order valence-corrected chi connectivity index (χ1v) is 14.2. The molecule has 6 nitrogen and oxygen atoms in total. The molecule has 202 valence electrons. The molecule has 10 atom stereocenters. The molecule has 1 unspecified atom stereocenters. The van der Waals surface area contributed by atoms with Crippen molar-refractivity contribution < 1.29 is 29.6 Å². The van der Waals surface area contributed by atoms with Crippen LogP contribution in [0.3, 0.4) is 0 Å². The summed E-state index contributed by atoms with van der Waals surface area (Å²) in [6.45, 7) is 14.7. The molecular weight excluding hydrogens is 456 g/mol. The van der Waals surface area contributed by atoms with Crippen molar-refractivity contribution in [3.8, 4) is 0 Å². The number of esters is 1. The first-order valence-electron chi connectivity index (χ1n) is 14.2. The number of ether oxygens (including phenoxy) is 2. The second-order valence-corrected chi connectivity index (χ2v) is 15.0. The van der Waals surface area contributed by atoms with E-state index in [9.17, 15) is 20.1 Å². The van der Waals surface area contributed by atoms with Crippen molar-refractivity contribution in [2.75, 3.05) is 0 Å². The Kier molecular flexibility index (Phi) is 4.90. The van der Waals surface area contributed by atoms with Gasteiger partial charge in [-0.05, 0) is 100 Å². The number of aliphatic hydroxyl groups is 3. The Bertz CT molecular complexity index is 1030. The van der Waals surface area contributed by atoms with Crippen molar-refractivity contribution in [1.29, 1.82) is 0 Å². The smallest absolute Gasteiger partial charge is 0.319 e. The normalized spacial score (nSPS) is 56.8. The molecule has 0 bridgehead atoms. The van der Waals surface area contributed by atoms with Crippen molar-refractivity contribution in [3.05, 3.63) is 11.6 Å². The fraction of sp³-hybridized carbons (Fsp3) is 0.900. The molecule has 0 radical (unpaired) electrons. The van der Waals surface area contributed by atoms with Crippen LogP contribution >= 0.6 is 0 Å². The predicted octanol–water partition coefficient (Wildman–Crippen LogP) is 4.29. The van der Waals surface area contributed by atoms with Crippen LogP contribution in [0, 0.1) is 33.5 Å². The molecule has 2 aliphatic heterocycles. The second kappa shape index (κ2) is 6.97. The molecule has 36 heavy (non-hydrogen) atoms. The van der Waals surface area contributed by atoms with Crippen LogP contribution in [0.1, 0.15) is 99.8 Å². The number of allylic oxidation sites excluding steroid dienone is 1. The van der Waals surface area contributed by atoms with Gasteiger partial charge >= 0.3 is 5.97 Å². The lowest BCUT2D eigenvalue weighted by molar-refractivity contribution is -0.214. The van der Waals surface area contributed by atoms with Gasteiger partial charge in [0.2, 0.25) is 0 Å². The maximum Gasteiger partial charge on any atom is 0.319 e. The van der Waals surface area contributed by atoms with Gasteiger partial charge in [-0.25, -0.2) is 0 Å². The van der Waals surface area contributed by atoms with Crippen LogP contribution in [-0.4, -0.2) is 56.4 Å². The molecule has 0 amide bonds. The lowest BCUT2D eigenvalue weighted by Crippen LogP contribution is -2.69. The molecule has 6 heteroatoms. The summed E-state index contributed by atoms with van der Waals surface area (Å²) < 4.78 is 12.6. The predicted molar refractivity (Wildman–Crippen MR) is 135 cm³/mol. The number of cyclic esters (lactones) is 1. The van der Waals surface area contributed by atoms with E-state index < -0.39 is 40.2 Å². The van der Waals surface area contributed by atoms with Gasteiger partial charge in [-0.2, -0.15) is 0 Å². The fourth-order valence-corrected chi connectivity index (χ4v) is 10.8. The lowest BCUT2D eigenvalue weighted by atomic mass is 9.40. The third-order valence-corrected chi connectivity index (χ3v) is 12.9. The summed E-state index contributed by atoms with van der Waals surface area (Å²) in [6.07, 6.45) is 6.15. The largest absolute Gasteiger partial charge is 0.453 e. The highest BCUT2D eigenvalue weighted by Crippen LogP contribution is 2.77. The topological polar surface area (TPSA) is 96.2 Å². The minimum absolute atomic E-state index is 0.0815. The van der Waals surface area contributed by atoms with E-state index in [0.29, 0.717) is 25.2 Å². The van der Waals surface area contributed by atoms with Crippen molar-refractivity contribution in [1.82, 2.24) is 0 Å². The number of carbonyl (C=O) groups is 1. The minimum Gasteiger partial charge on any atom is -0.453 e. The van der Waals surface area contributed by atoms with Gasteiger partial charge in [0, 0.05) is 0 Å². The molecule has 2 saturated heterocycles. The third kappa shape index (κ3) is 2.52. The van der Waals surface area contributed by atoms with Gasteiger partial charge in [0.25, 0.3) is 0 Å².